The van der Waals surface area contributed by atoms with Gasteiger partial charge in [0.1, 0.15) is 5.82 Å². The van der Waals surface area contributed by atoms with Crippen LogP contribution in [0.15, 0.2) is 53.4 Å². The van der Waals surface area contributed by atoms with Crippen molar-refractivity contribution in [2.45, 2.75) is 23.1 Å². The molecule has 0 aliphatic heterocycles. The van der Waals surface area contributed by atoms with Gasteiger partial charge in [0, 0.05) is 21.2 Å². The molecule has 0 aromatic heterocycles. The van der Waals surface area contributed by atoms with Gasteiger partial charge < -0.3 is 5.73 Å². The number of halogens is 2. The van der Waals surface area contributed by atoms with E-state index in [9.17, 15) is 4.39 Å². The molecule has 0 amide bonds. The summed E-state index contributed by atoms with van der Waals surface area (Å²) in [5.41, 5.74) is 7.13. The summed E-state index contributed by atoms with van der Waals surface area (Å²) in [5.74, 6) is -0.244. The lowest BCUT2D eigenvalue weighted by molar-refractivity contribution is 0.624. The van der Waals surface area contributed by atoms with Gasteiger partial charge in [-0.05, 0) is 35.9 Å². The van der Waals surface area contributed by atoms with Crippen molar-refractivity contribution in [3.63, 3.8) is 0 Å². The molecule has 0 aliphatic carbocycles. The minimum absolute atomic E-state index is 0.149. The standard InChI is InChI=1S/C15H15ClFNS/c1-10(19-14-4-2-3-12(16)9-14)15(18)11-5-7-13(17)8-6-11/h2-10,15H,18H2,1H3. The van der Waals surface area contributed by atoms with Crippen LogP contribution in [0.1, 0.15) is 18.5 Å². The summed E-state index contributed by atoms with van der Waals surface area (Å²) in [6.07, 6.45) is 0. The van der Waals surface area contributed by atoms with E-state index in [-0.39, 0.29) is 17.1 Å². The Morgan fingerprint density at radius 3 is 2.47 bits per heavy atom. The van der Waals surface area contributed by atoms with E-state index in [1.165, 1.54) is 12.1 Å². The van der Waals surface area contributed by atoms with Gasteiger partial charge in [0.05, 0.1) is 0 Å². The Morgan fingerprint density at radius 2 is 1.84 bits per heavy atom. The zero-order valence-electron chi connectivity index (χ0n) is 10.5. The van der Waals surface area contributed by atoms with Gasteiger partial charge in [0.15, 0.2) is 0 Å². The fraction of sp³-hybridized carbons (Fsp3) is 0.200. The van der Waals surface area contributed by atoms with Crippen molar-refractivity contribution in [2.24, 2.45) is 5.73 Å². The predicted octanol–water partition coefficient (Wildman–Crippen LogP) is 4.66. The first-order valence-corrected chi connectivity index (χ1v) is 7.25. The van der Waals surface area contributed by atoms with Crippen LogP contribution in [0, 0.1) is 5.82 Å². The minimum Gasteiger partial charge on any atom is -0.323 e. The van der Waals surface area contributed by atoms with E-state index in [0.29, 0.717) is 5.02 Å². The van der Waals surface area contributed by atoms with Crippen molar-refractivity contribution in [3.8, 4) is 0 Å². The molecule has 19 heavy (non-hydrogen) atoms. The highest BCUT2D eigenvalue weighted by Gasteiger charge is 2.16. The van der Waals surface area contributed by atoms with E-state index in [4.69, 9.17) is 17.3 Å². The van der Waals surface area contributed by atoms with Crippen LogP contribution in [0.3, 0.4) is 0 Å². The third-order valence-electron chi connectivity index (χ3n) is 2.88. The van der Waals surface area contributed by atoms with Gasteiger partial charge in [-0.2, -0.15) is 0 Å². The minimum atomic E-state index is -0.244. The Morgan fingerprint density at radius 1 is 1.16 bits per heavy atom. The second-order valence-corrected chi connectivity index (χ2v) is 6.24. The number of nitrogens with two attached hydrogens (primary N) is 1. The number of hydrogen-bond donors (Lipinski definition) is 1. The maximum Gasteiger partial charge on any atom is 0.123 e. The van der Waals surface area contributed by atoms with Gasteiger partial charge in [0.2, 0.25) is 0 Å². The fourth-order valence-corrected chi connectivity index (χ4v) is 3.12. The first-order valence-electron chi connectivity index (χ1n) is 5.99. The Bertz CT molecular complexity index is 544. The van der Waals surface area contributed by atoms with Crippen LogP contribution < -0.4 is 5.73 Å². The van der Waals surface area contributed by atoms with Crippen LogP contribution in [0.2, 0.25) is 5.02 Å². The lowest BCUT2D eigenvalue weighted by Gasteiger charge is -2.20. The van der Waals surface area contributed by atoms with Gasteiger partial charge in [-0.3, -0.25) is 0 Å². The molecule has 0 heterocycles. The van der Waals surface area contributed by atoms with Crippen LogP contribution in [-0.2, 0) is 0 Å². The number of rotatable bonds is 4. The Balaban J connectivity index is 2.07. The summed E-state index contributed by atoms with van der Waals surface area (Å²) in [4.78, 5) is 1.08. The molecule has 100 valence electrons. The zero-order valence-corrected chi connectivity index (χ0v) is 12.1. The van der Waals surface area contributed by atoms with E-state index in [1.807, 2.05) is 24.3 Å². The Labute approximate surface area is 122 Å². The van der Waals surface area contributed by atoms with Crippen LogP contribution >= 0.6 is 23.4 Å². The number of hydrogen-bond acceptors (Lipinski definition) is 2. The molecule has 2 atom stereocenters. The smallest absolute Gasteiger partial charge is 0.123 e. The van der Waals surface area contributed by atoms with Crippen molar-refractivity contribution in [2.75, 3.05) is 0 Å². The van der Waals surface area contributed by atoms with E-state index >= 15 is 0 Å². The maximum atomic E-state index is 12.9. The molecule has 2 aromatic rings. The van der Waals surface area contributed by atoms with Crippen molar-refractivity contribution in [1.82, 2.24) is 0 Å². The summed E-state index contributed by atoms with van der Waals surface area (Å²) in [5, 5.41) is 0.886. The van der Waals surface area contributed by atoms with Crippen LogP contribution in [0.4, 0.5) is 4.39 Å². The third kappa shape index (κ3) is 3.96. The van der Waals surface area contributed by atoms with Crippen LogP contribution in [-0.4, -0.2) is 5.25 Å². The fourth-order valence-electron chi connectivity index (χ4n) is 1.78. The second kappa shape index (κ2) is 6.42. The van der Waals surface area contributed by atoms with Gasteiger partial charge in [-0.1, -0.05) is 36.7 Å². The molecular weight excluding hydrogens is 281 g/mol. The van der Waals surface area contributed by atoms with Crippen molar-refractivity contribution < 1.29 is 4.39 Å². The summed E-state index contributed by atoms with van der Waals surface area (Å²) >= 11 is 7.62. The predicted molar refractivity (Wildman–Crippen MR) is 80.1 cm³/mol. The molecule has 0 saturated carbocycles. The molecular formula is C15H15ClFNS. The topological polar surface area (TPSA) is 26.0 Å². The molecule has 0 spiro atoms. The second-order valence-electron chi connectivity index (χ2n) is 4.36. The Kier molecular flexibility index (Phi) is 4.86. The lowest BCUT2D eigenvalue weighted by Crippen LogP contribution is -2.20. The van der Waals surface area contributed by atoms with Gasteiger partial charge in [0.25, 0.3) is 0 Å². The molecule has 0 radical (unpaired) electrons. The molecule has 0 fully saturated rings. The van der Waals surface area contributed by atoms with Crippen molar-refractivity contribution >= 4 is 23.4 Å². The SMILES string of the molecule is CC(Sc1cccc(Cl)c1)C(N)c1ccc(F)cc1. The lowest BCUT2D eigenvalue weighted by atomic mass is 10.1. The highest BCUT2D eigenvalue weighted by Crippen LogP contribution is 2.31. The molecule has 2 aromatic carbocycles. The van der Waals surface area contributed by atoms with E-state index < -0.39 is 0 Å². The average molecular weight is 296 g/mol. The molecule has 2 rings (SSSR count). The summed E-state index contributed by atoms with van der Waals surface area (Å²) in [7, 11) is 0. The van der Waals surface area contributed by atoms with Crippen LogP contribution in [0.25, 0.3) is 0 Å². The van der Waals surface area contributed by atoms with E-state index in [1.54, 1.807) is 23.9 Å². The Hall–Kier alpha value is -1.03. The van der Waals surface area contributed by atoms with Gasteiger partial charge in [-0.25, -0.2) is 4.39 Å². The highest BCUT2D eigenvalue weighted by molar-refractivity contribution is 8.00. The summed E-state index contributed by atoms with van der Waals surface area (Å²) in [6.45, 7) is 2.06. The van der Waals surface area contributed by atoms with Gasteiger partial charge in [-0.15, -0.1) is 11.8 Å². The molecule has 1 nitrogen and oxygen atoms in total. The molecule has 0 aliphatic rings. The quantitative estimate of drug-likeness (QED) is 0.830. The third-order valence-corrected chi connectivity index (χ3v) is 4.30. The molecule has 0 bridgehead atoms. The normalized spacial score (nSPS) is 14.1. The van der Waals surface area contributed by atoms with Gasteiger partial charge >= 0.3 is 0 Å². The average Bonchev–Trinajstić information content (AvgIpc) is 2.39. The number of benzene rings is 2. The van der Waals surface area contributed by atoms with Crippen LogP contribution in [0.5, 0.6) is 0 Å². The summed E-state index contributed by atoms with van der Waals surface area (Å²) in [6, 6.07) is 13.9. The molecule has 2 unspecified atom stereocenters. The van der Waals surface area contributed by atoms with E-state index in [2.05, 4.69) is 6.92 Å². The number of thioether (sulfide) groups is 1. The molecule has 2 N–H and O–H groups in total. The largest absolute Gasteiger partial charge is 0.323 e. The zero-order chi connectivity index (χ0) is 13.8. The first kappa shape index (κ1) is 14.4. The maximum absolute atomic E-state index is 12.9. The highest BCUT2D eigenvalue weighted by atomic mass is 35.5. The summed E-state index contributed by atoms with van der Waals surface area (Å²) < 4.78 is 12.9. The monoisotopic (exact) mass is 295 g/mol. The first-order chi connectivity index (χ1) is 9.06. The molecule has 4 heteroatoms. The molecule has 0 saturated heterocycles. The van der Waals surface area contributed by atoms with Crippen molar-refractivity contribution in [3.05, 3.63) is 64.9 Å². The van der Waals surface area contributed by atoms with E-state index in [0.717, 1.165) is 10.5 Å². The van der Waals surface area contributed by atoms with Crippen molar-refractivity contribution in [1.29, 1.82) is 0 Å².